The van der Waals surface area contributed by atoms with Gasteiger partial charge in [-0.05, 0) is 25.7 Å². The molecule has 0 aromatic carbocycles. The minimum atomic E-state index is 0. The van der Waals surface area contributed by atoms with E-state index in [4.69, 9.17) is 10.5 Å². The molecule has 2 unspecified atom stereocenters. The summed E-state index contributed by atoms with van der Waals surface area (Å²) in [7, 11) is 0. The fourth-order valence-corrected chi connectivity index (χ4v) is 2.24. The molecule has 2 bridgehead atoms. The fourth-order valence-electron chi connectivity index (χ4n) is 2.24. The van der Waals surface area contributed by atoms with Gasteiger partial charge in [0.25, 0.3) is 0 Å². The normalized spacial score (nSPS) is 47.5. The Bertz CT molecular complexity index is 152. The summed E-state index contributed by atoms with van der Waals surface area (Å²) in [6.45, 7) is 2.98. The van der Waals surface area contributed by atoms with Crippen LogP contribution >= 0.6 is 12.4 Å². The largest absolute Gasteiger partial charge is 0.373 e. The van der Waals surface area contributed by atoms with E-state index >= 15 is 0 Å². The third-order valence-corrected chi connectivity index (χ3v) is 3.06. The van der Waals surface area contributed by atoms with Crippen LogP contribution in [0.2, 0.25) is 0 Å². The highest BCUT2D eigenvalue weighted by Gasteiger charge is 2.52. The molecule has 2 N–H and O–H groups in total. The van der Waals surface area contributed by atoms with Gasteiger partial charge in [-0.2, -0.15) is 0 Å². The zero-order valence-electron chi connectivity index (χ0n) is 6.93. The number of rotatable bonds is 1. The zero-order valence-corrected chi connectivity index (χ0v) is 7.75. The average Bonchev–Trinajstić information content (AvgIpc) is 2.42. The van der Waals surface area contributed by atoms with E-state index in [2.05, 4.69) is 6.92 Å². The third-order valence-electron chi connectivity index (χ3n) is 3.06. The second-order valence-electron chi connectivity index (χ2n) is 3.86. The van der Waals surface area contributed by atoms with Crippen molar-refractivity contribution in [3.8, 4) is 0 Å². The maximum Gasteiger partial charge on any atom is 0.0700 e. The summed E-state index contributed by atoms with van der Waals surface area (Å²) in [5, 5.41) is 0. The van der Waals surface area contributed by atoms with Gasteiger partial charge in [0.15, 0.2) is 0 Å². The van der Waals surface area contributed by atoms with Crippen LogP contribution in [0.5, 0.6) is 0 Å². The Kier molecular flexibility index (Phi) is 2.21. The van der Waals surface area contributed by atoms with E-state index in [9.17, 15) is 0 Å². The first-order valence-corrected chi connectivity index (χ1v) is 4.11. The van der Waals surface area contributed by atoms with Gasteiger partial charge in [0.1, 0.15) is 0 Å². The second-order valence-corrected chi connectivity index (χ2v) is 3.86. The number of halogens is 1. The molecule has 0 aromatic rings. The molecule has 3 heteroatoms. The van der Waals surface area contributed by atoms with Crippen LogP contribution in [0.15, 0.2) is 0 Å². The molecule has 1 saturated heterocycles. The van der Waals surface area contributed by atoms with Gasteiger partial charge in [-0.25, -0.2) is 0 Å². The molecule has 0 aromatic heterocycles. The summed E-state index contributed by atoms with van der Waals surface area (Å²) >= 11 is 0. The van der Waals surface area contributed by atoms with Gasteiger partial charge in [-0.1, -0.05) is 6.92 Å². The molecule has 1 heterocycles. The highest BCUT2D eigenvalue weighted by atomic mass is 35.5. The molecule has 2 aliphatic rings. The minimum absolute atomic E-state index is 0. The monoisotopic (exact) mass is 177 g/mol. The smallest absolute Gasteiger partial charge is 0.0700 e. The summed E-state index contributed by atoms with van der Waals surface area (Å²) in [6.07, 6.45) is 4.57. The maximum absolute atomic E-state index is 6.04. The minimum Gasteiger partial charge on any atom is -0.373 e. The van der Waals surface area contributed by atoms with Crippen molar-refractivity contribution in [2.45, 2.75) is 43.7 Å². The van der Waals surface area contributed by atoms with Crippen LogP contribution in [0.4, 0.5) is 0 Å². The summed E-state index contributed by atoms with van der Waals surface area (Å²) < 4.78 is 5.67. The summed E-state index contributed by atoms with van der Waals surface area (Å²) in [5.41, 5.74) is 6.28. The first-order valence-electron chi connectivity index (χ1n) is 4.11. The van der Waals surface area contributed by atoms with Gasteiger partial charge >= 0.3 is 0 Å². The Morgan fingerprint density at radius 2 is 2.18 bits per heavy atom. The van der Waals surface area contributed by atoms with Crippen molar-refractivity contribution in [1.82, 2.24) is 0 Å². The Balaban J connectivity index is 0.000000605. The first-order chi connectivity index (χ1) is 4.68. The van der Waals surface area contributed by atoms with Crippen LogP contribution in [-0.4, -0.2) is 17.7 Å². The lowest BCUT2D eigenvalue weighted by atomic mass is 9.98. The van der Waals surface area contributed by atoms with Gasteiger partial charge < -0.3 is 10.5 Å². The molecule has 0 amide bonds. The molecule has 11 heavy (non-hydrogen) atoms. The molecule has 1 saturated carbocycles. The van der Waals surface area contributed by atoms with E-state index in [1.165, 1.54) is 12.8 Å². The SMILES string of the molecule is CCC12CCC(N)(CO1)C2.Cl. The van der Waals surface area contributed by atoms with Crippen LogP contribution in [0.25, 0.3) is 0 Å². The average molecular weight is 178 g/mol. The van der Waals surface area contributed by atoms with Crippen molar-refractivity contribution in [2.75, 3.05) is 6.61 Å². The van der Waals surface area contributed by atoms with Crippen molar-refractivity contribution in [3.05, 3.63) is 0 Å². The van der Waals surface area contributed by atoms with Gasteiger partial charge in [0.05, 0.1) is 12.2 Å². The molecule has 2 rings (SSSR count). The van der Waals surface area contributed by atoms with E-state index in [1.54, 1.807) is 0 Å². The molecule has 2 nitrogen and oxygen atoms in total. The molecule has 1 aliphatic carbocycles. The van der Waals surface area contributed by atoms with Crippen molar-refractivity contribution < 1.29 is 4.74 Å². The van der Waals surface area contributed by atoms with Crippen molar-refractivity contribution >= 4 is 12.4 Å². The number of fused-ring (bicyclic) bond motifs is 2. The van der Waals surface area contributed by atoms with Crippen molar-refractivity contribution in [1.29, 1.82) is 0 Å². The van der Waals surface area contributed by atoms with Gasteiger partial charge in [-0.3, -0.25) is 0 Å². The molecule has 0 spiro atoms. The van der Waals surface area contributed by atoms with Crippen LogP contribution < -0.4 is 5.73 Å². The Morgan fingerprint density at radius 3 is 2.36 bits per heavy atom. The summed E-state index contributed by atoms with van der Waals surface area (Å²) in [6, 6.07) is 0. The van der Waals surface area contributed by atoms with Crippen molar-refractivity contribution in [3.63, 3.8) is 0 Å². The van der Waals surface area contributed by atoms with E-state index < -0.39 is 0 Å². The van der Waals surface area contributed by atoms with Crippen molar-refractivity contribution in [2.24, 2.45) is 5.73 Å². The lowest BCUT2D eigenvalue weighted by Crippen LogP contribution is -2.38. The van der Waals surface area contributed by atoms with E-state index in [0.29, 0.717) is 0 Å². The van der Waals surface area contributed by atoms with Crippen LogP contribution in [0.3, 0.4) is 0 Å². The number of ether oxygens (including phenoxy) is 1. The number of hydrogen-bond donors (Lipinski definition) is 1. The van der Waals surface area contributed by atoms with E-state index in [1.807, 2.05) is 0 Å². The van der Waals surface area contributed by atoms with E-state index in [-0.39, 0.29) is 23.5 Å². The third kappa shape index (κ3) is 1.28. The molecular formula is C8H16ClNO. The van der Waals surface area contributed by atoms with E-state index in [0.717, 1.165) is 19.4 Å². The molecule has 2 atom stereocenters. The predicted octanol–water partition coefficient (Wildman–Crippen LogP) is 1.47. The number of hydrogen-bond acceptors (Lipinski definition) is 2. The van der Waals surface area contributed by atoms with Crippen LogP contribution in [0.1, 0.15) is 32.6 Å². The summed E-state index contributed by atoms with van der Waals surface area (Å²) in [5.74, 6) is 0. The second kappa shape index (κ2) is 2.61. The Morgan fingerprint density at radius 1 is 1.45 bits per heavy atom. The topological polar surface area (TPSA) is 35.2 Å². The van der Waals surface area contributed by atoms with Gasteiger partial charge in [0.2, 0.25) is 0 Å². The standard InChI is InChI=1S/C8H15NO.ClH/c1-2-8-4-3-7(9,5-8)6-10-8;/h2-6,9H2,1H3;1H. The molecule has 0 radical (unpaired) electrons. The molecular weight excluding hydrogens is 162 g/mol. The number of nitrogens with two attached hydrogens (primary N) is 1. The lowest BCUT2D eigenvalue weighted by Gasteiger charge is -2.25. The summed E-state index contributed by atoms with van der Waals surface area (Å²) in [4.78, 5) is 0. The Hall–Kier alpha value is 0.210. The molecule has 66 valence electrons. The fraction of sp³-hybridized carbons (Fsp3) is 1.00. The highest BCUT2D eigenvalue weighted by Crippen LogP contribution is 2.47. The quantitative estimate of drug-likeness (QED) is 0.659. The predicted molar refractivity (Wildman–Crippen MR) is 47.0 cm³/mol. The highest BCUT2D eigenvalue weighted by molar-refractivity contribution is 5.85. The van der Waals surface area contributed by atoms with Gasteiger partial charge in [0, 0.05) is 5.54 Å². The van der Waals surface area contributed by atoms with Crippen LogP contribution in [0, 0.1) is 0 Å². The zero-order chi connectivity index (χ0) is 7.24. The molecule has 2 fully saturated rings. The molecule has 1 aliphatic heterocycles. The lowest BCUT2D eigenvalue weighted by molar-refractivity contribution is -0.0216. The maximum atomic E-state index is 6.04. The van der Waals surface area contributed by atoms with Crippen LogP contribution in [-0.2, 0) is 4.74 Å². The van der Waals surface area contributed by atoms with Gasteiger partial charge in [-0.15, -0.1) is 12.4 Å². The first kappa shape index (κ1) is 9.30. The Labute approximate surface area is 73.9 Å².